The van der Waals surface area contributed by atoms with Crippen molar-refractivity contribution in [2.24, 2.45) is 0 Å². The molecule has 2 heterocycles. The molecule has 1 fully saturated rings. The van der Waals surface area contributed by atoms with Crippen LogP contribution < -0.4 is 5.32 Å². The zero-order chi connectivity index (χ0) is 14.1. The predicted octanol–water partition coefficient (Wildman–Crippen LogP) is 3.47. The van der Waals surface area contributed by atoms with E-state index in [2.05, 4.69) is 54.5 Å². The van der Waals surface area contributed by atoms with Gasteiger partial charge >= 0.3 is 0 Å². The average molecular weight is 269 g/mol. The minimum Gasteiger partial charge on any atom is -0.317 e. The fourth-order valence-electron chi connectivity index (χ4n) is 3.09. The van der Waals surface area contributed by atoms with E-state index in [0.29, 0.717) is 5.92 Å². The first kappa shape index (κ1) is 13.4. The van der Waals surface area contributed by atoms with Gasteiger partial charge in [0.2, 0.25) is 0 Å². The number of aryl methyl sites for hydroxylation is 2. The summed E-state index contributed by atoms with van der Waals surface area (Å²) < 4.78 is 0. The summed E-state index contributed by atoms with van der Waals surface area (Å²) in [5, 5.41) is 11.3. The summed E-state index contributed by atoms with van der Waals surface area (Å²) in [6.07, 6.45) is 2.41. The minimum absolute atomic E-state index is 0.629. The lowest BCUT2D eigenvalue weighted by Crippen LogP contribution is -2.27. The number of nitrogens with one attached hydrogen (secondary N) is 2. The highest BCUT2D eigenvalue weighted by atomic mass is 15.1. The van der Waals surface area contributed by atoms with Crippen molar-refractivity contribution in [1.82, 2.24) is 15.5 Å². The van der Waals surface area contributed by atoms with Crippen LogP contribution in [0.5, 0.6) is 0 Å². The number of rotatable bonds is 2. The lowest BCUT2D eigenvalue weighted by atomic mass is 9.91. The first-order chi connectivity index (χ1) is 9.66. The number of H-pyrrole nitrogens is 1. The van der Waals surface area contributed by atoms with Gasteiger partial charge in [-0.05, 0) is 69.5 Å². The Morgan fingerprint density at radius 2 is 1.80 bits per heavy atom. The van der Waals surface area contributed by atoms with Crippen molar-refractivity contribution in [3.63, 3.8) is 0 Å². The Bertz CT molecular complexity index is 607. The van der Waals surface area contributed by atoms with E-state index in [9.17, 15) is 0 Å². The van der Waals surface area contributed by atoms with Gasteiger partial charge in [-0.15, -0.1) is 0 Å². The molecule has 0 bridgehead atoms. The molecule has 2 aromatic rings. The third-order valence-corrected chi connectivity index (χ3v) is 4.58. The van der Waals surface area contributed by atoms with Crippen LogP contribution in [0.1, 0.15) is 41.1 Å². The van der Waals surface area contributed by atoms with Crippen LogP contribution in [0.2, 0.25) is 0 Å². The van der Waals surface area contributed by atoms with Crippen LogP contribution in [0.3, 0.4) is 0 Å². The van der Waals surface area contributed by atoms with Crippen LogP contribution in [0.4, 0.5) is 0 Å². The SMILES string of the molecule is Cc1ccc(-c2n[nH]c(C3CCNCC3)c2C)cc1C. The number of piperidine rings is 1. The maximum atomic E-state index is 4.59. The number of benzene rings is 1. The van der Waals surface area contributed by atoms with Crippen molar-refractivity contribution in [1.29, 1.82) is 0 Å². The molecule has 20 heavy (non-hydrogen) atoms. The first-order valence-electron chi connectivity index (χ1n) is 7.50. The second-order valence-corrected chi connectivity index (χ2v) is 5.93. The highest BCUT2D eigenvalue weighted by molar-refractivity contribution is 5.65. The third-order valence-electron chi connectivity index (χ3n) is 4.58. The van der Waals surface area contributed by atoms with Crippen LogP contribution >= 0.6 is 0 Å². The van der Waals surface area contributed by atoms with Gasteiger partial charge in [-0.2, -0.15) is 5.10 Å². The standard InChI is InChI=1S/C17H23N3/c1-11-4-5-15(10-12(11)2)17-13(3)16(19-20-17)14-6-8-18-9-7-14/h4-5,10,14,18H,6-9H2,1-3H3,(H,19,20). The van der Waals surface area contributed by atoms with Crippen molar-refractivity contribution < 1.29 is 0 Å². The second-order valence-electron chi connectivity index (χ2n) is 5.93. The van der Waals surface area contributed by atoms with Gasteiger partial charge in [0.15, 0.2) is 0 Å². The molecule has 0 unspecified atom stereocenters. The van der Waals surface area contributed by atoms with Gasteiger partial charge in [0, 0.05) is 17.2 Å². The summed E-state index contributed by atoms with van der Waals surface area (Å²) >= 11 is 0. The minimum atomic E-state index is 0.629. The molecule has 0 atom stereocenters. The molecule has 0 spiro atoms. The largest absolute Gasteiger partial charge is 0.317 e. The number of aromatic nitrogens is 2. The van der Waals surface area contributed by atoms with Crippen LogP contribution in [-0.2, 0) is 0 Å². The van der Waals surface area contributed by atoms with Crippen molar-refractivity contribution in [3.05, 3.63) is 40.6 Å². The van der Waals surface area contributed by atoms with Gasteiger partial charge in [0.1, 0.15) is 0 Å². The quantitative estimate of drug-likeness (QED) is 0.876. The summed E-state index contributed by atoms with van der Waals surface area (Å²) in [7, 11) is 0. The van der Waals surface area contributed by atoms with E-state index >= 15 is 0 Å². The van der Waals surface area contributed by atoms with Crippen LogP contribution in [0, 0.1) is 20.8 Å². The molecule has 1 aromatic carbocycles. The smallest absolute Gasteiger partial charge is 0.0952 e. The molecular formula is C17H23N3. The zero-order valence-electron chi connectivity index (χ0n) is 12.6. The summed E-state index contributed by atoms with van der Waals surface area (Å²) in [5.41, 5.74) is 7.65. The lowest BCUT2D eigenvalue weighted by Gasteiger charge is -2.22. The van der Waals surface area contributed by atoms with Crippen LogP contribution in [0.25, 0.3) is 11.3 Å². The summed E-state index contributed by atoms with van der Waals surface area (Å²) in [5.74, 6) is 0.629. The molecule has 3 nitrogen and oxygen atoms in total. The molecule has 1 aromatic heterocycles. The van der Waals surface area contributed by atoms with E-state index < -0.39 is 0 Å². The Hall–Kier alpha value is -1.61. The molecule has 1 aliphatic heterocycles. The van der Waals surface area contributed by atoms with Crippen molar-refractivity contribution >= 4 is 0 Å². The Morgan fingerprint density at radius 1 is 1.05 bits per heavy atom. The maximum absolute atomic E-state index is 4.59. The monoisotopic (exact) mass is 269 g/mol. The van der Waals surface area contributed by atoms with Gasteiger partial charge in [-0.1, -0.05) is 12.1 Å². The Balaban J connectivity index is 1.94. The van der Waals surface area contributed by atoms with Gasteiger partial charge in [-0.3, -0.25) is 5.10 Å². The van der Waals surface area contributed by atoms with Gasteiger partial charge in [0.25, 0.3) is 0 Å². The van der Waals surface area contributed by atoms with E-state index in [1.807, 2.05) is 0 Å². The zero-order valence-corrected chi connectivity index (χ0v) is 12.6. The Labute approximate surface area is 120 Å². The molecule has 3 heteroatoms. The molecule has 0 saturated carbocycles. The molecule has 1 aliphatic rings. The van der Waals surface area contributed by atoms with Gasteiger partial charge in [-0.25, -0.2) is 0 Å². The highest BCUT2D eigenvalue weighted by Crippen LogP contribution is 2.32. The van der Waals surface area contributed by atoms with Gasteiger partial charge in [0.05, 0.1) is 5.69 Å². The third kappa shape index (κ3) is 2.38. The Morgan fingerprint density at radius 3 is 2.50 bits per heavy atom. The van der Waals surface area contributed by atoms with E-state index in [1.54, 1.807) is 0 Å². The summed E-state index contributed by atoms with van der Waals surface area (Å²) in [6, 6.07) is 6.60. The second kappa shape index (κ2) is 5.41. The average Bonchev–Trinajstić information content (AvgIpc) is 2.85. The van der Waals surface area contributed by atoms with Gasteiger partial charge < -0.3 is 5.32 Å². The topological polar surface area (TPSA) is 40.7 Å². The Kier molecular flexibility index (Phi) is 3.62. The fraction of sp³-hybridized carbons (Fsp3) is 0.471. The molecule has 106 valence electrons. The molecule has 0 radical (unpaired) electrons. The highest BCUT2D eigenvalue weighted by Gasteiger charge is 2.21. The number of aromatic amines is 1. The van der Waals surface area contributed by atoms with Crippen molar-refractivity contribution in [2.45, 2.75) is 39.5 Å². The van der Waals surface area contributed by atoms with E-state index in [-0.39, 0.29) is 0 Å². The fourth-order valence-corrected chi connectivity index (χ4v) is 3.09. The van der Waals surface area contributed by atoms with E-state index in [0.717, 1.165) is 18.8 Å². The predicted molar refractivity (Wildman–Crippen MR) is 83.1 cm³/mol. The molecular weight excluding hydrogens is 246 g/mol. The molecule has 3 rings (SSSR count). The van der Waals surface area contributed by atoms with E-state index in [1.165, 1.54) is 40.8 Å². The van der Waals surface area contributed by atoms with Crippen molar-refractivity contribution in [2.75, 3.05) is 13.1 Å². The lowest BCUT2D eigenvalue weighted by molar-refractivity contribution is 0.451. The van der Waals surface area contributed by atoms with Crippen LogP contribution in [-0.4, -0.2) is 23.3 Å². The van der Waals surface area contributed by atoms with E-state index in [4.69, 9.17) is 0 Å². The summed E-state index contributed by atoms with van der Waals surface area (Å²) in [4.78, 5) is 0. The molecule has 0 aliphatic carbocycles. The molecule has 1 saturated heterocycles. The normalized spacial score (nSPS) is 16.6. The number of hydrogen-bond acceptors (Lipinski definition) is 2. The first-order valence-corrected chi connectivity index (χ1v) is 7.50. The molecule has 2 N–H and O–H groups in total. The maximum Gasteiger partial charge on any atom is 0.0952 e. The summed E-state index contributed by atoms with van der Waals surface area (Å²) in [6.45, 7) is 8.74. The van der Waals surface area contributed by atoms with Crippen LogP contribution in [0.15, 0.2) is 18.2 Å². The number of hydrogen-bond donors (Lipinski definition) is 2. The number of nitrogens with zero attached hydrogens (tertiary/aromatic N) is 1. The van der Waals surface area contributed by atoms with Crippen molar-refractivity contribution in [3.8, 4) is 11.3 Å². The molecule has 0 amide bonds.